The van der Waals surface area contributed by atoms with E-state index in [9.17, 15) is 0 Å². The Bertz CT molecular complexity index is 361. The maximum atomic E-state index is 8.89. The van der Waals surface area contributed by atoms with Crippen LogP contribution in [0.1, 0.15) is 19.4 Å². The van der Waals surface area contributed by atoms with Gasteiger partial charge in [0.2, 0.25) is 0 Å². The molecule has 0 amide bonds. The van der Waals surface area contributed by atoms with Gasteiger partial charge in [0.25, 0.3) is 0 Å². The predicted octanol–water partition coefficient (Wildman–Crippen LogP) is -1.40. The molecule has 1 aromatic rings. The van der Waals surface area contributed by atoms with E-state index in [4.69, 9.17) is 15.1 Å². The number of aliphatic carboxylic acids is 1. The Morgan fingerprint density at radius 3 is 2.12 bits per heavy atom. The number of carbonyl (C=O) groups is 1. The summed E-state index contributed by atoms with van der Waals surface area (Å²) < 4.78 is 1.06. The van der Waals surface area contributed by atoms with Gasteiger partial charge in [0.1, 0.15) is 0 Å². The molecule has 0 aliphatic heterocycles. The van der Waals surface area contributed by atoms with E-state index < -0.39 is 5.97 Å². The standard InChI is InChI=1S/C9H10BrNO.C2H4O2.Na/c1-7(11-12)6-8-2-4-9(10)5-3-8;1-2(3)4;/h2-5,12H,6H2,1H3;1H3,(H,3,4);/q;;+1/p-1. The summed E-state index contributed by atoms with van der Waals surface area (Å²) in [5.41, 5.74) is 1.87. The van der Waals surface area contributed by atoms with Crippen LogP contribution in [0.2, 0.25) is 0 Å². The van der Waals surface area contributed by atoms with Gasteiger partial charge in [-0.15, -0.1) is 0 Å². The van der Waals surface area contributed by atoms with E-state index in [0.717, 1.165) is 22.7 Å². The molecule has 0 fully saturated rings. The van der Waals surface area contributed by atoms with Crippen molar-refractivity contribution < 1.29 is 44.7 Å². The SMILES string of the molecule is CC(=O)[O-].CC(Cc1ccc(Br)cc1)=NO.[Na+]. The Hall–Kier alpha value is -0.360. The molecule has 0 aliphatic carbocycles. The average Bonchev–Trinajstić information content (AvgIpc) is 2.20. The van der Waals surface area contributed by atoms with Crippen LogP contribution in [0.4, 0.5) is 0 Å². The third-order valence-electron chi connectivity index (χ3n) is 1.54. The van der Waals surface area contributed by atoms with Crippen molar-refractivity contribution >= 4 is 27.6 Å². The summed E-state index contributed by atoms with van der Waals surface area (Å²) in [6.07, 6.45) is 0.698. The molecule has 17 heavy (non-hydrogen) atoms. The summed E-state index contributed by atoms with van der Waals surface area (Å²) in [6, 6.07) is 7.94. The van der Waals surface area contributed by atoms with E-state index in [1.165, 1.54) is 0 Å². The topological polar surface area (TPSA) is 72.7 Å². The molecule has 4 nitrogen and oxygen atoms in total. The molecule has 0 aliphatic rings. The Balaban J connectivity index is 0. The molecule has 1 rings (SSSR count). The zero-order chi connectivity index (χ0) is 12.6. The second-order valence-electron chi connectivity index (χ2n) is 3.13. The molecule has 1 N–H and O–H groups in total. The number of carboxylic acids is 1. The molecule has 88 valence electrons. The molecule has 0 bridgehead atoms. The maximum Gasteiger partial charge on any atom is 1.00 e. The third kappa shape index (κ3) is 11.9. The van der Waals surface area contributed by atoms with Gasteiger partial charge in [0, 0.05) is 16.9 Å². The number of hydrogen-bond acceptors (Lipinski definition) is 4. The minimum atomic E-state index is -1.08. The van der Waals surface area contributed by atoms with Crippen LogP contribution in [0.25, 0.3) is 0 Å². The summed E-state index contributed by atoms with van der Waals surface area (Å²) in [4.78, 5) is 8.89. The largest absolute Gasteiger partial charge is 1.00 e. The van der Waals surface area contributed by atoms with Gasteiger partial charge < -0.3 is 15.1 Å². The van der Waals surface area contributed by atoms with Crippen molar-refractivity contribution in [2.45, 2.75) is 20.3 Å². The zero-order valence-electron chi connectivity index (χ0n) is 10.1. The fourth-order valence-electron chi connectivity index (χ4n) is 0.933. The van der Waals surface area contributed by atoms with E-state index in [-0.39, 0.29) is 29.6 Å². The molecule has 1 aromatic carbocycles. The Kier molecular flexibility index (Phi) is 12.0. The van der Waals surface area contributed by atoms with Crippen LogP contribution in [0.5, 0.6) is 0 Å². The molecule has 0 heterocycles. The number of halogens is 1. The Morgan fingerprint density at radius 2 is 1.76 bits per heavy atom. The fraction of sp³-hybridized carbons (Fsp3) is 0.273. The third-order valence-corrected chi connectivity index (χ3v) is 2.07. The summed E-state index contributed by atoms with van der Waals surface area (Å²) in [7, 11) is 0. The van der Waals surface area contributed by atoms with Crippen molar-refractivity contribution in [3.05, 3.63) is 34.3 Å². The van der Waals surface area contributed by atoms with Gasteiger partial charge in [-0.1, -0.05) is 33.2 Å². The van der Waals surface area contributed by atoms with Crippen LogP contribution in [0.15, 0.2) is 33.9 Å². The molecule has 6 heteroatoms. The summed E-state index contributed by atoms with van der Waals surface area (Å²) in [6.45, 7) is 2.77. The number of carboxylic acid groups (broad SMARTS) is 1. The second-order valence-corrected chi connectivity index (χ2v) is 4.05. The van der Waals surface area contributed by atoms with Crippen molar-refractivity contribution in [2.24, 2.45) is 5.16 Å². The van der Waals surface area contributed by atoms with Crippen molar-refractivity contribution in [1.29, 1.82) is 0 Å². The molecule has 0 spiro atoms. The van der Waals surface area contributed by atoms with Gasteiger partial charge in [0.15, 0.2) is 0 Å². The maximum absolute atomic E-state index is 8.89. The van der Waals surface area contributed by atoms with Crippen molar-refractivity contribution in [3.8, 4) is 0 Å². The van der Waals surface area contributed by atoms with Crippen molar-refractivity contribution in [2.75, 3.05) is 0 Å². The second kappa shape index (κ2) is 10.8. The predicted molar refractivity (Wildman–Crippen MR) is 63.4 cm³/mol. The molecular formula is C11H13BrNNaO3. The van der Waals surface area contributed by atoms with Gasteiger partial charge in [-0.05, 0) is 31.5 Å². The first-order valence-electron chi connectivity index (χ1n) is 4.55. The van der Waals surface area contributed by atoms with Crippen molar-refractivity contribution in [1.82, 2.24) is 0 Å². The summed E-state index contributed by atoms with van der Waals surface area (Å²) >= 11 is 3.35. The van der Waals surface area contributed by atoms with Gasteiger partial charge in [-0.3, -0.25) is 0 Å². The zero-order valence-corrected chi connectivity index (χ0v) is 13.7. The first-order chi connectivity index (χ1) is 7.45. The smallest absolute Gasteiger partial charge is 0.550 e. The number of nitrogens with zero attached hydrogens (tertiary/aromatic N) is 1. The van der Waals surface area contributed by atoms with E-state index in [0.29, 0.717) is 6.42 Å². The van der Waals surface area contributed by atoms with Gasteiger partial charge in [-0.25, -0.2) is 0 Å². The first kappa shape index (κ1) is 19.0. The minimum Gasteiger partial charge on any atom is -0.550 e. The number of rotatable bonds is 2. The van der Waals surface area contributed by atoms with Crippen LogP contribution in [-0.2, 0) is 11.2 Å². The van der Waals surface area contributed by atoms with Crippen LogP contribution in [-0.4, -0.2) is 16.9 Å². The Labute approximate surface area is 131 Å². The van der Waals surface area contributed by atoms with Crippen LogP contribution >= 0.6 is 15.9 Å². The minimum absolute atomic E-state index is 0. The Morgan fingerprint density at radius 1 is 1.35 bits per heavy atom. The molecule has 0 atom stereocenters. The monoisotopic (exact) mass is 309 g/mol. The molecular weight excluding hydrogens is 297 g/mol. The number of oxime groups is 1. The molecule has 0 radical (unpaired) electrons. The normalized spacial score (nSPS) is 9.71. The van der Waals surface area contributed by atoms with E-state index in [1.54, 1.807) is 6.92 Å². The molecule has 0 unspecified atom stereocenters. The van der Waals surface area contributed by atoms with E-state index in [1.807, 2.05) is 24.3 Å². The molecule has 0 aromatic heterocycles. The average molecular weight is 310 g/mol. The van der Waals surface area contributed by atoms with Gasteiger partial charge >= 0.3 is 29.6 Å². The quantitative estimate of drug-likeness (QED) is 0.316. The molecule has 0 saturated carbocycles. The fourth-order valence-corrected chi connectivity index (χ4v) is 1.20. The van der Waals surface area contributed by atoms with Crippen molar-refractivity contribution in [3.63, 3.8) is 0 Å². The number of carbonyl (C=O) groups excluding carboxylic acids is 1. The summed E-state index contributed by atoms with van der Waals surface area (Å²) in [5, 5.41) is 20.4. The number of hydrogen-bond donors (Lipinski definition) is 1. The first-order valence-corrected chi connectivity index (χ1v) is 5.34. The van der Waals surface area contributed by atoms with E-state index >= 15 is 0 Å². The van der Waals surface area contributed by atoms with E-state index in [2.05, 4.69) is 21.1 Å². The molecule has 0 saturated heterocycles. The van der Waals surface area contributed by atoms with Crippen LogP contribution < -0.4 is 34.7 Å². The number of benzene rings is 1. The van der Waals surface area contributed by atoms with Gasteiger partial charge in [0.05, 0.1) is 5.71 Å². The van der Waals surface area contributed by atoms with Gasteiger partial charge in [-0.2, -0.15) is 0 Å². The summed E-state index contributed by atoms with van der Waals surface area (Å²) in [5.74, 6) is -1.08. The van der Waals surface area contributed by atoms with Crippen LogP contribution in [0.3, 0.4) is 0 Å². The van der Waals surface area contributed by atoms with Crippen LogP contribution in [0, 0.1) is 0 Å².